The Hall–Kier alpha value is -1.85. The molecule has 0 unspecified atom stereocenters. The van der Waals surface area contributed by atoms with E-state index in [1.165, 1.54) is 6.20 Å². The van der Waals surface area contributed by atoms with E-state index in [1.807, 2.05) is 0 Å². The normalized spacial score (nSPS) is 14.6. The second kappa shape index (κ2) is 3.96. The number of aromatic nitrogens is 1. The van der Waals surface area contributed by atoms with Crippen LogP contribution in [0.2, 0.25) is 0 Å². The number of ether oxygens (including phenoxy) is 1. The number of pyridine rings is 1. The molecule has 0 bridgehead atoms. The Morgan fingerprint density at radius 1 is 1.56 bits per heavy atom. The van der Waals surface area contributed by atoms with Crippen LogP contribution in [-0.2, 0) is 0 Å². The van der Waals surface area contributed by atoms with E-state index in [2.05, 4.69) is 4.98 Å². The third kappa shape index (κ3) is 2.21. The minimum atomic E-state index is -0.490. The summed E-state index contributed by atoms with van der Waals surface area (Å²) in [4.78, 5) is 15.7. The number of nitrogens with zero attached hydrogens (tertiary/aromatic N) is 3. The highest BCUT2D eigenvalue weighted by atomic mass is 16.6. The topological polar surface area (TPSA) is 68.5 Å². The Morgan fingerprint density at radius 2 is 2.25 bits per heavy atom. The van der Waals surface area contributed by atoms with Crippen molar-refractivity contribution in [3.63, 3.8) is 0 Å². The highest BCUT2D eigenvalue weighted by Crippen LogP contribution is 2.32. The van der Waals surface area contributed by atoms with Gasteiger partial charge in [0.05, 0.1) is 6.10 Å². The summed E-state index contributed by atoms with van der Waals surface area (Å²) in [5.41, 5.74) is 0.461. The first-order chi connectivity index (χ1) is 7.58. The molecule has 6 nitrogen and oxygen atoms in total. The lowest BCUT2D eigenvalue weighted by Crippen LogP contribution is -2.12. The van der Waals surface area contributed by atoms with Crippen molar-refractivity contribution in [2.24, 2.45) is 0 Å². The molecule has 1 aliphatic rings. The second-order valence-corrected chi connectivity index (χ2v) is 3.98. The largest absolute Gasteiger partial charge is 0.486 e. The van der Waals surface area contributed by atoms with Gasteiger partial charge in [-0.2, -0.15) is 0 Å². The van der Waals surface area contributed by atoms with Gasteiger partial charge in [0.2, 0.25) is 0 Å². The Kier molecular flexibility index (Phi) is 2.64. The molecule has 1 aromatic heterocycles. The second-order valence-electron chi connectivity index (χ2n) is 3.98. The monoisotopic (exact) mass is 223 g/mol. The van der Waals surface area contributed by atoms with Crippen LogP contribution in [0.25, 0.3) is 0 Å². The smallest absolute Gasteiger partial charge is 0.387 e. The number of hydrogen-bond acceptors (Lipinski definition) is 5. The van der Waals surface area contributed by atoms with Gasteiger partial charge in [-0.1, -0.05) is 0 Å². The summed E-state index contributed by atoms with van der Waals surface area (Å²) in [7, 11) is 3.48. The lowest BCUT2D eigenvalue weighted by atomic mass is 10.3. The van der Waals surface area contributed by atoms with Gasteiger partial charge < -0.3 is 19.8 Å². The maximum absolute atomic E-state index is 10.7. The molecule has 1 fully saturated rings. The van der Waals surface area contributed by atoms with Crippen molar-refractivity contribution in [1.29, 1.82) is 0 Å². The van der Waals surface area contributed by atoms with Crippen LogP contribution in [-0.4, -0.2) is 30.1 Å². The predicted octanol–water partition coefficient (Wildman–Crippen LogP) is 1.60. The Bertz CT molecular complexity index is 416. The van der Waals surface area contributed by atoms with Gasteiger partial charge in [0.25, 0.3) is 0 Å². The number of nitro groups is 1. The van der Waals surface area contributed by atoms with Crippen LogP contribution in [0, 0.1) is 10.1 Å². The molecule has 1 aromatic rings. The fraction of sp³-hybridized carbons (Fsp3) is 0.500. The van der Waals surface area contributed by atoms with E-state index in [-0.39, 0.29) is 11.9 Å². The lowest BCUT2D eigenvalue weighted by Gasteiger charge is -2.13. The summed E-state index contributed by atoms with van der Waals surface area (Å²) in [6.45, 7) is 0. The van der Waals surface area contributed by atoms with Crippen LogP contribution in [0.3, 0.4) is 0 Å². The van der Waals surface area contributed by atoms with Gasteiger partial charge in [-0.25, -0.2) is 0 Å². The molecule has 2 rings (SSSR count). The van der Waals surface area contributed by atoms with Crippen molar-refractivity contribution in [2.75, 3.05) is 19.0 Å². The van der Waals surface area contributed by atoms with E-state index in [4.69, 9.17) is 4.74 Å². The molecule has 0 radical (unpaired) electrons. The molecule has 1 heterocycles. The summed E-state index contributed by atoms with van der Waals surface area (Å²) >= 11 is 0. The third-order valence-corrected chi connectivity index (χ3v) is 2.30. The first-order valence-corrected chi connectivity index (χ1v) is 5.06. The molecule has 0 atom stereocenters. The summed E-state index contributed by atoms with van der Waals surface area (Å²) in [5.74, 6) is 0.449. The SMILES string of the molecule is CN(C)c1cc(OC2CC2)cnc1[N+](=O)[O-]. The maximum atomic E-state index is 10.7. The van der Waals surface area contributed by atoms with Gasteiger partial charge in [0, 0.05) is 20.2 Å². The molecule has 1 saturated carbocycles. The molecule has 0 spiro atoms. The van der Waals surface area contributed by atoms with Gasteiger partial charge in [-0.3, -0.25) is 0 Å². The van der Waals surface area contributed by atoms with E-state index in [0.717, 1.165) is 12.8 Å². The molecular formula is C10H13N3O3. The average Bonchev–Trinajstić information content (AvgIpc) is 3.01. The van der Waals surface area contributed by atoms with Crippen LogP contribution in [0.15, 0.2) is 12.3 Å². The van der Waals surface area contributed by atoms with Gasteiger partial charge in [-0.05, 0) is 22.7 Å². The van der Waals surface area contributed by atoms with E-state index >= 15 is 0 Å². The molecule has 1 aliphatic carbocycles. The van der Waals surface area contributed by atoms with E-state index in [0.29, 0.717) is 11.4 Å². The fourth-order valence-corrected chi connectivity index (χ4v) is 1.34. The summed E-state index contributed by atoms with van der Waals surface area (Å²) in [6.07, 6.45) is 3.77. The highest BCUT2D eigenvalue weighted by Gasteiger charge is 2.26. The van der Waals surface area contributed by atoms with Crippen LogP contribution in [0.1, 0.15) is 12.8 Å². The van der Waals surface area contributed by atoms with Gasteiger partial charge in [0.1, 0.15) is 5.69 Å². The minimum absolute atomic E-state index is 0.145. The Balaban J connectivity index is 2.30. The molecule has 16 heavy (non-hydrogen) atoms. The third-order valence-electron chi connectivity index (χ3n) is 2.30. The molecule has 0 aromatic carbocycles. The number of rotatable bonds is 4. The molecule has 0 aliphatic heterocycles. The minimum Gasteiger partial charge on any atom is -0.486 e. The zero-order chi connectivity index (χ0) is 11.7. The van der Waals surface area contributed by atoms with Crippen LogP contribution >= 0.6 is 0 Å². The Morgan fingerprint density at radius 3 is 2.75 bits per heavy atom. The van der Waals surface area contributed by atoms with E-state index in [1.54, 1.807) is 25.1 Å². The molecular weight excluding hydrogens is 210 g/mol. The highest BCUT2D eigenvalue weighted by molar-refractivity contribution is 5.60. The van der Waals surface area contributed by atoms with Crippen molar-refractivity contribution < 1.29 is 9.66 Å². The van der Waals surface area contributed by atoms with Gasteiger partial charge >= 0.3 is 5.82 Å². The molecule has 0 N–H and O–H groups in total. The molecule has 6 heteroatoms. The molecule has 0 amide bonds. The van der Waals surface area contributed by atoms with E-state index in [9.17, 15) is 10.1 Å². The summed E-state index contributed by atoms with van der Waals surface area (Å²) < 4.78 is 5.54. The van der Waals surface area contributed by atoms with Crippen LogP contribution in [0.5, 0.6) is 5.75 Å². The quantitative estimate of drug-likeness (QED) is 0.572. The van der Waals surface area contributed by atoms with E-state index < -0.39 is 4.92 Å². The lowest BCUT2D eigenvalue weighted by molar-refractivity contribution is -0.388. The van der Waals surface area contributed by atoms with Crippen LogP contribution < -0.4 is 9.64 Å². The number of hydrogen-bond donors (Lipinski definition) is 0. The predicted molar refractivity (Wildman–Crippen MR) is 58.9 cm³/mol. The van der Waals surface area contributed by atoms with Crippen molar-refractivity contribution in [2.45, 2.75) is 18.9 Å². The van der Waals surface area contributed by atoms with Crippen molar-refractivity contribution in [3.05, 3.63) is 22.4 Å². The average molecular weight is 223 g/mol. The van der Waals surface area contributed by atoms with Gasteiger partial charge in [-0.15, -0.1) is 0 Å². The summed E-state index contributed by atoms with van der Waals surface area (Å²) in [6, 6.07) is 1.66. The van der Waals surface area contributed by atoms with Crippen molar-refractivity contribution in [1.82, 2.24) is 4.98 Å². The van der Waals surface area contributed by atoms with Crippen molar-refractivity contribution >= 4 is 11.5 Å². The fourth-order valence-electron chi connectivity index (χ4n) is 1.34. The maximum Gasteiger partial charge on any atom is 0.387 e. The zero-order valence-electron chi connectivity index (χ0n) is 9.21. The zero-order valence-corrected chi connectivity index (χ0v) is 9.21. The first kappa shape index (κ1) is 10.7. The van der Waals surface area contributed by atoms with Crippen LogP contribution in [0.4, 0.5) is 11.5 Å². The first-order valence-electron chi connectivity index (χ1n) is 5.06. The van der Waals surface area contributed by atoms with Crippen molar-refractivity contribution in [3.8, 4) is 5.75 Å². The number of anilines is 1. The Labute approximate surface area is 93.0 Å². The molecule has 0 saturated heterocycles. The standard InChI is InChI=1S/C10H13N3O3/c1-12(2)9-5-8(16-7-3-4-7)6-11-10(9)13(14)15/h5-7H,3-4H2,1-2H3. The molecule has 86 valence electrons. The summed E-state index contributed by atoms with van der Waals surface area (Å²) in [5, 5.41) is 10.7. The van der Waals surface area contributed by atoms with Gasteiger partial charge in [0.15, 0.2) is 11.9 Å².